The average molecular weight is 237 g/mol. The maximum atomic E-state index is 12.2. The van der Waals surface area contributed by atoms with E-state index in [0.717, 1.165) is 30.5 Å². The van der Waals surface area contributed by atoms with Crippen LogP contribution in [-0.2, 0) is 12.8 Å². The molecule has 2 nitrogen and oxygen atoms in total. The Kier molecular flexibility index (Phi) is 2.93. The first-order chi connectivity index (χ1) is 8.84. The zero-order valence-corrected chi connectivity index (χ0v) is 10.2. The molecule has 0 saturated carbocycles. The summed E-state index contributed by atoms with van der Waals surface area (Å²) in [7, 11) is 0. The number of ketones is 1. The SMILES string of the molecule is O=C1c2ccccc2CC1CCc1ccccn1. The molecule has 0 bridgehead atoms. The van der Waals surface area contributed by atoms with Crippen LogP contribution in [0.5, 0.6) is 0 Å². The lowest BCUT2D eigenvalue weighted by Gasteiger charge is -2.06. The van der Waals surface area contributed by atoms with E-state index in [1.807, 2.05) is 36.4 Å². The molecule has 90 valence electrons. The van der Waals surface area contributed by atoms with Gasteiger partial charge in [0.05, 0.1) is 0 Å². The number of hydrogen-bond acceptors (Lipinski definition) is 2. The van der Waals surface area contributed by atoms with Crippen LogP contribution in [0.3, 0.4) is 0 Å². The highest BCUT2D eigenvalue weighted by molar-refractivity contribution is 6.02. The highest BCUT2D eigenvalue weighted by Gasteiger charge is 2.29. The molecule has 0 fully saturated rings. The molecular formula is C16H15NO. The number of nitrogens with zero attached hydrogens (tertiary/aromatic N) is 1. The highest BCUT2D eigenvalue weighted by Crippen LogP contribution is 2.29. The number of aryl methyl sites for hydroxylation is 1. The van der Waals surface area contributed by atoms with Crippen LogP contribution in [-0.4, -0.2) is 10.8 Å². The predicted octanol–water partition coefficient (Wildman–Crippen LogP) is 3.07. The molecule has 1 unspecified atom stereocenters. The fourth-order valence-corrected chi connectivity index (χ4v) is 2.62. The second kappa shape index (κ2) is 4.73. The van der Waals surface area contributed by atoms with Gasteiger partial charge in [-0.3, -0.25) is 9.78 Å². The van der Waals surface area contributed by atoms with Gasteiger partial charge in [-0.15, -0.1) is 0 Å². The van der Waals surface area contributed by atoms with Crippen molar-refractivity contribution < 1.29 is 4.79 Å². The van der Waals surface area contributed by atoms with Crippen LogP contribution in [0.4, 0.5) is 0 Å². The molecule has 3 rings (SSSR count). The van der Waals surface area contributed by atoms with E-state index in [0.29, 0.717) is 5.78 Å². The molecule has 0 saturated heterocycles. The van der Waals surface area contributed by atoms with Crippen LogP contribution >= 0.6 is 0 Å². The zero-order valence-electron chi connectivity index (χ0n) is 10.2. The monoisotopic (exact) mass is 237 g/mol. The van der Waals surface area contributed by atoms with Crippen molar-refractivity contribution in [2.75, 3.05) is 0 Å². The molecule has 0 spiro atoms. The van der Waals surface area contributed by atoms with Crippen LogP contribution < -0.4 is 0 Å². The lowest BCUT2D eigenvalue weighted by Crippen LogP contribution is -2.10. The van der Waals surface area contributed by atoms with E-state index in [9.17, 15) is 4.79 Å². The van der Waals surface area contributed by atoms with Crippen molar-refractivity contribution >= 4 is 5.78 Å². The largest absolute Gasteiger partial charge is 0.294 e. The third-order valence-corrected chi connectivity index (χ3v) is 3.60. The molecule has 1 atom stereocenters. The van der Waals surface area contributed by atoms with Crippen LogP contribution in [0.15, 0.2) is 48.7 Å². The molecule has 0 amide bonds. The van der Waals surface area contributed by atoms with Crippen LogP contribution in [0.1, 0.15) is 28.0 Å². The first-order valence-corrected chi connectivity index (χ1v) is 6.36. The molecule has 0 aliphatic heterocycles. The minimum atomic E-state index is 0.143. The predicted molar refractivity (Wildman–Crippen MR) is 70.5 cm³/mol. The Morgan fingerprint density at radius 3 is 2.72 bits per heavy atom. The number of carbonyl (C=O) groups excluding carboxylic acids is 1. The van der Waals surface area contributed by atoms with Crippen molar-refractivity contribution in [1.82, 2.24) is 4.98 Å². The lowest BCUT2D eigenvalue weighted by atomic mass is 9.98. The molecule has 1 aliphatic rings. The second-order valence-corrected chi connectivity index (χ2v) is 4.78. The third-order valence-electron chi connectivity index (χ3n) is 3.60. The van der Waals surface area contributed by atoms with Gasteiger partial charge in [-0.1, -0.05) is 30.3 Å². The number of carbonyl (C=O) groups is 1. The molecule has 1 heterocycles. The Morgan fingerprint density at radius 2 is 1.94 bits per heavy atom. The van der Waals surface area contributed by atoms with E-state index in [1.54, 1.807) is 6.20 Å². The van der Waals surface area contributed by atoms with Crippen molar-refractivity contribution in [2.45, 2.75) is 19.3 Å². The minimum absolute atomic E-state index is 0.143. The standard InChI is InChI=1S/C16H15NO/c18-16-13(8-9-14-6-3-4-10-17-14)11-12-5-1-2-7-15(12)16/h1-7,10,13H,8-9,11H2. The van der Waals surface area contributed by atoms with Crippen LogP contribution in [0, 0.1) is 5.92 Å². The quantitative estimate of drug-likeness (QED) is 0.821. The van der Waals surface area contributed by atoms with Gasteiger partial charge >= 0.3 is 0 Å². The van der Waals surface area contributed by atoms with Crippen molar-refractivity contribution in [3.8, 4) is 0 Å². The molecule has 1 aliphatic carbocycles. The van der Waals surface area contributed by atoms with E-state index < -0.39 is 0 Å². The minimum Gasteiger partial charge on any atom is -0.294 e. The van der Waals surface area contributed by atoms with E-state index in [1.165, 1.54) is 5.56 Å². The average Bonchev–Trinajstić information content (AvgIpc) is 2.75. The highest BCUT2D eigenvalue weighted by atomic mass is 16.1. The zero-order chi connectivity index (χ0) is 12.4. The summed E-state index contributed by atoms with van der Waals surface area (Å²) in [5.74, 6) is 0.450. The van der Waals surface area contributed by atoms with E-state index in [-0.39, 0.29) is 5.92 Å². The van der Waals surface area contributed by atoms with E-state index in [2.05, 4.69) is 11.1 Å². The van der Waals surface area contributed by atoms with Gasteiger partial charge in [0.2, 0.25) is 0 Å². The van der Waals surface area contributed by atoms with Gasteiger partial charge in [0.1, 0.15) is 0 Å². The van der Waals surface area contributed by atoms with Gasteiger partial charge < -0.3 is 0 Å². The molecule has 2 heteroatoms. The summed E-state index contributed by atoms with van der Waals surface area (Å²) in [6.07, 6.45) is 4.47. The third kappa shape index (κ3) is 2.06. The van der Waals surface area contributed by atoms with Gasteiger partial charge in [-0.05, 0) is 37.0 Å². The Labute approximate surface area is 107 Å². The summed E-state index contributed by atoms with van der Waals surface area (Å²) >= 11 is 0. The smallest absolute Gasteiger partial charge is 0.166 e. The number of benzene rings is 1. The molecule has 0 N–H and O–H groups in total. The summed E-state index contributed by atoms with van der Waals surface area (Å²) in [5, 5.41) is 0. The molecular weight excluding hydrogens is 222 g/mol. The van der Waals surface area contributed by atoms with Gasteiger partial charge in [0.15, 0.2) is 5.78 Å². The van der Waals surface area contributed by atoms with Crippen molar-refractivity contribution in [2.24, 2.45) is 5.92 Å². The number of hydrogen-bond donors (Lipinski definition) is 0. The molecule has 18 heavy (non-hydrogen) atoms. The molecule has 1 aromatic carbocycles. The normalized spacial score (nSPS) is 17.8. The van der Waals surface area contributed by atoms with Gasteiger partial charge in [-0.2, -0.15) is 0 Å². The lowest BCUT2D eigenvalue weighted by molar-refractivity contribution is 0.0931. The van der Waals surface area contributed by atoms with E-state index in [4.69, 9.17) is 0 Å². The summed E-state index contributed by atoms with van der Waals surface area (Å²) in [4.78, 5) is 16.5. The number of aromatic nitrogens is 1. The topological polar surface area (TPSA) is 30.0 Å². The summed E-state index contributed by atoms with van der Waals surface area (Å²) in [5.41, 5.74) is 3.19. The Hall–Kier alpha value is -1.96. The van der Waals surface area contributed by atoms with Crippen LogP contribution in [0.2, 0.25) is 0 Å². The Morgan fingerprint density at radius 1 is 1.11 bits per heavy atom. The van der Waals surface area contributed by atoms with E-state index >= 15 is 0 Å². The maximum Gasteiger partial charge on any atom is 0.166 e. The summed E-state index contributed by atoms with van der Waals surface area (Å²) in [6, 6.07) is 13.9. The number of pyridine rings is 1. The van der Waals surface area contributed by atoms with Crippen molar-refractivity contribution in [1.29, 1.82) is 0 Å². The van der Waals surface area contributed by atoms with Crippen molar-refractivity contribution in [3.63, 3.8) is 0 Å². The Balaban J connectivity index is 1.68. The van der Waals surface area contributed by atoms with Crippen LogP contribution in [0.25, 0.3) is 0 Å². The second-order valence-electron chi connectivity index (χ2n) is 4.78. The van der Waals surface area contributed by atoms with Gasteiger partial charge in [0, 0.05) is 23.4 Å². The number of rotatable bonds is 3. The maximum absolute atomic E-state index is 12.2. The fraction of sp³-hybridized carbons (Fsp3) is 0.250. The molecule has 2 aromatic rings. The molecule has 1 aromatic heterocycles. The number of fused-ring (bicyclic) bond motifs is 1. The van der Waals surface area contributed by atoms with Crippen molar-refractivity contribution in [3.05, 3.63) is 65.5 Å². The van der Waals surface area contributed by atoms with Gasteiger partial charge in [-0.25, -0.2) is 0 Å². The Bertz CT molecular complexity index is 562. The first kappa shape index (κ1) is 11.1. The molecule has 0 radical (unpaired) electrons. The summed E-state index contributed by atoms with van der Waals surface area (Å²) in [6.45, 7) is 0. The first-order valence-electron chi connectivity index (χ1n) is 6.36. The summed E-state index contributed by atoms with van der Waals surface area (Å²) < 4.78 is 0. The number of Topliss-reactive ketones (excluding diaryl/α,β-unsaturated/α-hetero) is 1. The van der Waals surface area contributed by atoms with Gasteiger partial charge in [0.25, 0.3) is 0 Å². The fourth-order valence-electron chi connectivity index (χ4n) is 2.62.